The van der Waals surface area contributed by atoms with Gasteiger partial charge in [0.15, 0.2) is 0 Å². The molecule has 24 heavy (non-hydrogen) atoms. The van der Waals surface area contributed by atoms with Gasteiger partial charge in [-0.15, -0.1) is 0 Å². The molecule has 0 saturated carbocycles. The van der Waals surface area contributed by atoms with E-state index in [9.17, 15) is 9.59 Å². The number of unbranched alkanes of at least 4 members (excludes halogenated alkanes) is 6. The van der Waals surface area contributed by atoms with E-state index in [1.807, 2.05) is 0 Å². The highest BCUT2D eigenvalue weighted by Crippen LogP contribution is 2.24. The lowest BCUT2D eigenvalue weighted by Gasteiger charge is -2.14. The van der Waals surface area contributed by atoms with Crippen LogP contribution in [0.5, 0.6) is 5.75 Å². The van der Waals surface area contributed by atoms with Gasteiger partial charge in [0.25, 0.3) is 0 Å². The summed E-state index contributed by atoms with van der Waals surface area (Å²) < 4.78 is 5.73. The Morgan fingerprint density at radius 2 is 1.54 bits per heavy atom. The fourth-order valence-electron chi connectivity index (χ4n) is 2.67. The van der Waals surface area contributed by atoms with Crippen molar-refractivity contribution < 1.29 is 24.5 Å². The second kappa shape index (κ2) is 11.5. The van der Waals surface area contributed by atoms with Crippen LogP contribution in [0.15, 0.2) is 18.2 Å². The molecule has 2 N–H and O–H groups in total. The van der Waals surface area contributed by atoms with E-state index in [2.05, 4.69) is 6.92 Å². The van der Waals surface area contributed by atoms with Crippen molar-refractivity contribution >= 4 is 11.9 Å². The lowest BCUT2D eigenvalue weighted by atomic mass is 10.0. The minimum atomic E-state index is -0.992. The van der Waals surface area contributed by atoms with Crippen LogP contribution in [-0.2, 0) is 22.4 Å². The summed E-state index contributed by atoms with van der Waals surface area (Å²) in [5.74, 6) is -1.48. The zero-order valence-electron chi connectivity index (χ0n) is 14.4. The first-order valence-corrected chi connectivity index (χ1v) is 8.71. The molecule has 0 heterocycles. The van der Waals surface area contributed by atoms with E-state index in [1.165, 1.54) is 32.1 Å². The third kappa shape index (κ3) is 7.99. The third-order valence-electron chi connectivity index (χ3n) is 3.91. The van der Waals surface area contributed by atoms with Crippen molar-refractivity contribution in [2.75, 3.05) is 6.61 Å². The van der Waals surface area contributed by atoms with Gasteiger partial charge >= 0.3 is 11.9 Å². The molecule has 0 fully saturated rings. The van der Waals surface area contributed by atoms with Crippen LogP contribution in [0.25, 0.3) is 0 Å². The molecule has 0 bridgehead atoms. The highest BCUT2D eigenvalue weighted by molar-refractivity contribution is 5.75. The van der Waals surface area contributed by atoms with Gasteiger partial charge < -0.3 is 14.9 Å². The van der Waals surface area contributed by atoms with Gasteiger partial charge in [0.05, 0.1) is 19.4 Å². The second-order valence-electron chi connectivity index (χ2n) is 6.00. The highest BCUT2D eigenvalue weighted by atomic mass is 16.5. The van der Waals surface area contributed by atoms with Gasteiger partial charge in [0.1, 0.15) is 5.75 Å². The lowest BCUT2D eigenvalue weighted by molar-refractivity contribution is -0.137. The van der Waals surface area contributed by atoms with Crippen LogP contribution in [0.2, 0.25) is 0 Å². The molecule has 0 aliphatic rings. The summed E-state index contributed by atoms with van der Waals surface area (Å²) in [6, 6.07) is 5.07. The van der Waals surface area contributed by atoms with Gasteiger partial charge in [0, 0.05) is 5.56 Å². The van der Waals surface area contributed by atoms with E-state index in [1.54, 1.807) is 18.2 Å². The predicted octanol–water partition coefficient (Wildman–Crippen LogP) is 4.07. The molecule has 0 amide bonds. The van der Waals surface area contributed by atoms with E-state index in [0.29, 0.717) is 23.5 Å². The molecule has 0 saturated heterocycles. The van der Waals surface area contributed by atoms with E-state index in [-0.39, 0.29) is 12.8 Å². The minimum Gasteiger partial charge on any atom is -0.493 e. The van der Waals surface area contributed by atoms with Crippen molar-refractivity contribution in [2.24, 2.45) is 0 Å². The zero-order valence-corrected chi connectivity index (χ0v) is 14.4. The fourth-order valence-corrected chi connectivity index (χ4v) is 2.67. The summed E-state index contributed by atoms with van der Waals surface area (Å²) in [5.41, 5.74) is 0.970. The average Bonchev–Trinajstić information content (AvgIpc) is 2.51. The van der Waals surface area contributed by atoms with Crippen LogP contribution in [0, 0.1) is 0 Å². The van der Waals surface area contributed by atoms with Crippen LogP contribution in [-0.4, -0.2) is 28.8 Å². The van der Waals surface area contributed by atoms with E-state index < -0.39 is 11.9 Å². The topological polar surface area (TPSA) is 83.8 Å². The summed E-state index contributed by atoms with van der Waals surface area (Å²) in [6.45, 7) is 2.72. The summed E-state index contributed by atoms with van der Waals surface area (Å²) in [6.07, 6.45) is 7.81. The van der Waals surface area contributed by atoms with Gasteiger partial charge in [-0.3, -0.25) is 9.59 Å². The quantitative estimate of drug-likeness (QED) is 0.530. The fraction of sp³-hybridized carbons (Fsp3) is 0.579. The summed E-state index contributed by atoms with van der Waals surface area (Å²) in [4.78, 5) is 22.0. The van der Waals surface area contributed by atoms with Crippen LogP contribution in [0.3, 0.4) is 0 Å². The maximum absolute atomic E-state index is 11.1. The summed E-state index contributed by atoms with van der Waals surface area (Å²) >= 11 is 0. The molecule has 0 aromatic heterocycles. The van der Waals surface area contributed by atoms with Crippen LogP contribution in [0.4, 0.5) is 0 Å². The number of benzene rings is 1. The minimum absolute atomic E-state index is 0.197. The lowest BCUT2D eigenvalue weighted by Crippen LogP contribution is -2.10. The van der Waals surface area contributed by atoms with Crippen LogP contribution in [0.1, 0.15) is 63.0 Å². The SMILES string of the molecule is CCCCCCCCCOc1cccc(CC(=O)O)c1CC(=O)O. The molecule has 1 aromatic carbocycles. The molecule has 134 valence electrons. The Labute approximate surface area is 143 Å². The number of ether oxygens (including phenoxy) is 1. The molecule has 5 nitrogen and oxygen atoms in total. The Kier molecular flexibility index (Phi) is 9.58. The molecule has 1 rings (SSSR count). The summed E-state index contributed by atoms with van der Waals surface area (Å²) in [7, 11) is 0. The second-order valence-corrected chi connectivity index (χ2v) is 6.00. The predicted molar refractivity (Wildman–Crippen MR) is 92.6 cm³/mol. The molecular formula is C19H28O5. The molecule has 0 aliphatic carbocycles. The van der Waals surface area contributed by atoms with Gasteiger partial charge in [-0.05, 0) is 18.1 Å². The number of carboxylic acids is 2. The maximum Gasteiger partial charge on any atom is 0.307 e. The van der Waals surface area contributed by atoms with E-state index >= 15 is 0 Å². The van der Waals surface area contributed by atoms with Crippen LogP contribution >= 0.6 is 0 Å². The number of hydrogen-bond acceptors (Lipinski definition) is 3. The zero-order chi connectivity index (χ0) is 17.8. The van der Waals surface area contributed by atoms with E-state index in [4.69, 9.17) is 14.9 Å². The Hall–Kier alpha value is -2.04. The molecule has 0 radical (unpaired) electrons. The van der Waals surface area contributed by atoms with Crippen molar-refractivity contribution in [3.05, 3.63) is 29.3 Å². The van der Waals surface area contributed by atoms with Crippen molar-refractivity contribution in [1.82, 2.24) is 0 Å². The Bertz CT molecular complexity index is 524. The maximum atomic E-state index is 11.1. The largest absolute Gasteiger partial charge is 0.493 e. The van der Waals surface area contributed by atoms with E-state index in [0.717, 1.165) is 12.8 Å². The Morgan fingerprint density at radius 1 is 0.917 bits per heavy atom. The smallest absolute Gasteiger partial charge is 0.307 e. The van der Waals surface area contributed by atoms with Crippen molar-refractivity contribution in [1.29, 1.82) is 0 Å². The molecule has 0 unspecified atom stereocenters. The molecule has 1 aromatic rings. The molecule has 5 heteroatoms. The van der Waals surface area contributed by atoms with Gasteiger partial charge in [-0.1, -0.05) is 57.6 Å². The van der Waals surface area contributed by atoms with Crippen molar-refractivity contribution in [2.45, 2.75) is 64.7 Å². The van der Waals surface area contributed by atoms with Gasteiger partial charge in [-0.2, -0.15) is 0 Å². The van der Waals surface area contributed by atoms with Gasteiger partial charge in [0.2, 0.25) is 0 Å². The first kappa shape index (κ1) is 20.0. The van der Waals surface area contributed by atoms with Crippen molar-refractivity contribution in [3.8, 4) is 5.75 Å². The van der Waals surface area contributed by atoms with Crippen LogP contribution < -0.4 is 4.74 Å². The first-order chi connectivity index (χ1) is 11.5. The Balaban J connectivity index is 2.53. The molecule has 0 spiro atoms. The van der Waals surface area contributed by atoms with Crippen molar-refractivity contribution in [3.63, 3.8) is 0 Å². The number of hydrogen-bond donors (Lipinski definition) is 2. The number of carbonyl (C=O) groups is 2. The normalized spacial score (nSPS) is 10.5. The molecular weight excluding hydrogens is 308 g/mol. The standard InChI is InChI=1S/C19H28O5/c1-2-3-4-5-6-7-8-12-24-17-11-9-10-15(13-18(20)21)16(17)14-19(22)23/h9-11H,2-8,12-14H2,1H3,(H,20,21)(H,22,23). The molecule has 0 aliphatic heterocycles. The first-order valence-electron chi connectivity index (χ1n) is 8.71. The van der Waals surface area contributed by atoms with Gasteiger partial charge in [-0.25, -0.2) is 0 Å². The summed E-state index contributed by atoms with van der Waals surface area (Å²) in [5, 5.41) is 18.0. The monoisotopic (exact) mass is 336 g/mol. The molecule has 0 atom stereocenters. The Morgan fingerprint density at radius 3 is 2.17 bits per heavy atom. The average molecular weight is 336 g/mol. The number of aliphatic carboxylic acids is 2. The number of rotatable bonds is 13. The highest BCUT2D eigenvalue weighted by Gasteiger charge is 2.15. The number of carboxylic acid groups (broad SMARTS) is 2. The third-order valence-corrected chi connectivity index (χ3v) is 3.91.